The number of carbonyl (C=O) groups is 1. The first kappa shape index (κ1) is 17.8. The molecule has 118 valence electrons. The number of aliphatic imine (C=N–C) groups is 1. The molecule has 0 aromatic carbocycles. The van der Waals surface area contributed by atoms with Gasteiger partial charge in [0.2, 0.25) is 5.91 Å². The number of guanidine groups is 1. The average molecular weight is 406 g/mol. The lowest BCUT2D eigenvalue weighted by molar-refractivity contribution is -0.119. The Bertz CT molecular complexity index is 444. The number of rotatable bonds is 7. The van der Waals surface area contributed by atoms with Crippen LogP contribution in [-0.4, -0.2) is 31.5 Å². The molecule has 3 N–H and O–H groups in total. The van der Waals surface area contributed by atoms with Gasteiger partial charge in [0.25, 0.3) is 0 Å². The summed E-state index contributed by atoms with van der Waals surface area (Å²) < 4.78 is 5.14. The van der Waals surface area contributed by atoms with Gasteiger partial charge in [0.15, 0.2) is 5.96 Å². The lowest BCUT2D eigenvalue weighted by Crippen LogP contribution is -2.39. The van der Waals surface area contributed by atoms with Gasteiger partial charge < -0.3 is 20.4 Å². The van der Waals surface area contributed by atoms with Crippen molar-refractivity contribution >= 4 is 35.8 Å². The van der Waals surface area contributed by atoms with Crippen molar-refractivity contribution in [2.24, 2.45) is 10.9 Å². The number of halogens is 1. The fraction of sp³-hybridized carbons (Fsp3) is 0.571. The van der Waals surface area contributed by atoms with Gasteiger partial charge in [-0.1, -0.05) is 0 Å². The first-order valence-electron chi connectivity index (χ1n) is 7.09. The van der Waals surface area contributed by atoms with Crippen LogP contribution in [0.1, 0.15) is 25.5 Å². The van der Waals surface area contributed by atoms with Gasteiger partial charge >= 0.3 is 0 Å². The lowest BCUT2D eigenvalue weighted by atomic mass is 10.4. The molecule has 1 aliphatic carbocycles. The Hall–Kier alpha value is -1.25. The van der Waals surface area contributed by atoms with Gasteiger partial charge in [0, 0.05) is 13.1 Å². The van der Waals surface area contributed by atoms with Crippen molar-refractivity contribution in [3.05, 3.63) is 24.2 Å². The minimum absolute atomic E-state index is 0. The van der Waals surface area contributed by atoms with E-state index in [1.54, 1.807) is 12.3 Å². The summed E-state index contributed by atoms with van der Waals surface area (Å²) in [5, 5.41) is 9.14. The van der Waals surface area contributed by atoms with E-state index in [0.717, 1.165) is 24.8 Å². The SMILES string of the molecule is CCNC(=NCC(=O)NCc1ccco1)NCC1CC1.I. The first-order chi connectivity index (χ1) is 9.78. The molecule has 0 bridgehead atoms. The van der Waals surface area contributed by atoms with Gasteiger partial charge in [-0.05, 0) is 37.8 Å². The maximum absolute atomic E-state index is 11.7. The molecule has 1 fully saturated rings. The molecule has 1 heterocycles. The molecule has 0 atom stereocenters. The van der Waals surface area contributed by atoms with Gasteiger partial charge in [-0.25, -0.2) is 4.99 Å². The maximum atomic E-state index is 11.7. The zero-order chi connectivity index (χ0) is 14.2. The zero-order valence-electron chi connectivity index (χ0n) is 12.2. The van der Waals surface area contributed by atoms with Crippen molar-refractivity contribution in [1.29, 1.82) is 0 Å². The van der Waals surface area contributed by atoms with Gasteiger partial charge in [0.05, 0.1) is 12.8 Å². The van der Waals surface area contributed by atoms with Crippen molar-refractivity contribution < 1.29 is 9.21 Å². The van der Waals surface area contributed by atoms with Crippen LogP contribution < -0.4 is 16.0 Å². The van der Waals surface area contributed by atoms with E-state index in [1.807, 2.05) is 13.0 Å². The molecule has 21 heavy (non-hydrogen) atoms. The standard InChI is InChI=1S/C14H22N4O2.HI/c1-2-15-14(17-8-11-5-6-11)18-10-13(19)16-9-12-4-3-7-20-12;/h3-4,7,11H,2,5-6,8-10H2,1H3,(H,16,19)(H2,15,17,18);1H. The minimum atomic E-state index is -0.120. The molecule has 1 saturated carbocycles. The summed E-state index contributed by atoms with van der Waals surface area (Å²) in [5.74, 6) is 2.09. The van der Waals surface area contributed by atoms with Gasteiger partial charge in [-0.15, -0.1) is 24.0 Å². The molecular formula is C14H23IN4O2. The highest BCUT2D eigenvalue weighted by atomic mass is 127. The van der Waals surface area contributed by atoms with E-state index in [1.165, 1.54) is 12.8 Å². The second-order valence-electron chi connectivity index (χ2n) is 4.88. The monoisotopic (exact) mass is 406 g/mol. The molecule has 1 amide bonds. The number of hydrogen-bond donors (Lipinski definition) is 3. The van der Waals surface area contributed by atoms with Crippen LogP contribution >= 0.6 is 24.0 Å². The predicted octanol–water partition coefficient (Wildman–Crippen LogP) is 1.48. The highest BCUT2D eigenvalue weighted by molar-refractivity contribution is 14.0. The summed E-state index contributed by atoms with van der Waals surface area (Å²) in [7, 11) is 0. The summed E-state index contributed by atoms with van der Waals surface area (Å²) >= 11 is 0. The largest absolute Gasteiger partial charge is 0.467 e. The van der Waals surface area contributed by atoms with Crippen molar-refractivity contribution in [1.82, 2.24) is 16.0 Å². The number of nitrogens with one attached hydrogen (secondary N) is 3. The molecule has 1 aromatic rings. The Kier molecular flexibility index (Phi) is 8.17. The molecule has 0 saturated heterocycles. The van der Waals surface area contributed by atoms with E-state index in [9.17, 15) is 4.79 Å². The third-order valence-electron chi connectivity index (χ3n) is 3.02. The summed E-state index contributed by atoms with van der Waals surface area (Å²) in [6.07, 6.45) is 4.16. The van der Waals surface area contributed by atoms with E-state index in [0.29, 0.717) is 12.5 Å². The van der Waals surface area contributed by atoms with Crippen LogP contribution in [0.5, 0.6) is 0 Å². The van der Waals surface area contributed by atoms with Crippen molar-refractivity contribution in [2.75, 3.05) is 19.6 Å². The van der Waals surface area contributed by atoms with E-state index in [-0.39, 0.29) is 36.4 Å². The minimum Gasteiger partial charge on any atom is -0.467 e. The van der Waals surface area contributed by atoms with Crippen molar-refractivity contribution in [2.45, 2.75) is 26.3 Å². The first-order valence-corrected chi connectivity index (χ1v) is 7.09. The molecule has 1 aliphatic rings. The molecule has 2 rings (SSSR count). The fourth-order valence-electron chi connectivity index (χ4n) is 1.71. The van der Waals surface area contributed by atoms with Crippen LogP contribution in [0.2, 0.25) is 0 Å². The number of furan rings is 1. The van der Waals surface area contributed by atoms with Crippen molar-refractivity contribution in [3.8, 4) is 0 Å². The van der Waals surface area contributed by atoms with Crippen molar-refractivity contribution in [3.63, 3.8) is 0 Å². The van der Waals surface area contributed by atoms with Crippen LogP contribution in [-0.2, 0) is 11.3 Å². The van der Waals surface area contributed by atoms with E-state index < -0.39 is 0 Å². The summed E-state index contributed by atoms with van der Waals surface area (Å²) in [6, 6.07) is 3.62. The Balaban J connectivity index is 0.00000220. The summed E-state index contributed by atoms with van der Waals surface area (Å²) in [6.45, 7) is 4.23. The van der Waals surface area contributed by atoms with Crippen LogP contribution in [0.3, 0.4) is 0 Å². The average Bonchev–Trinajstić information content (AvgIpc) is 3.13. The van der Waals surface area contributed by atoms with E-state index in [2.05, 4.69) is 20.9 Å². The maximum Gasteiger partial charge on any atom is 0.242 e. The highest BCUT2D eigenvalue weighted by Crippen LogP contribution is 2.27. The second-order valence-corrected chi connectivity index (χ2v) is 4.88. The Labute approximate surface area is 142 Å². The Morgan fingerprint density at radius 2 is 2.19 bits per heavy atom. The number of amides is 1. The predicted molar refractivity (Wildman–Crippen MR) is 92.7 cm³/mol. The van der Waals surface area contributed by atoms with Crippen LogP contribution in [0.25, 0.3) is 0 Å². The normalized spacial score (nSPS) is 14.2. The molecule has 0 radical (unpaired) electrons. The zero-order valence-corrected chi connectivity index (χ0v) is 14.6. The van der Waals surface area contributed by atoms with Gasteiger partial charge in [0.1, 0.15) is 12.3 Å². The quantitative estimate of drug-likeness (QED) is 0.364. The van der Waals surface area contributed by atoms with E-state index >= 15 is 0 Å². The number of carbonyl (C=O) groups excluding carboxylic acids is 1. The Morgan fingerprint density at radius 3 is 2.81 bits per heavy atom. The molecule has 0 spiro atoms. The molecule has 7 heteroatoms. The topological polar surface area (TPSA) is 78.7 Å². The number of nitrogens with zero attached hydrogens (tertiary/aromatic N) is 1. The summed E-state index contributed by atoms with van der Waals surface area (Å²) in [4.78, 5) is 15.9. The summed E-state index contributed by atoms with van der Waals surface area (Å²) in [5.41, 5.74) is 0. The molecular weight excluding hydrogens is 383 g/mol. The molecule has 6 nitrogen and oxygen atoms in total. The second kappa shape index (κ2) is 9.64. The smallest absolute Gasteiger partial charge is 0.242 e. The van der Waals surface area contributed by atoms with Crippen LogP contribution in [0.15, 0.2) is 27.8 Å². The molecule has 1 aromatic heterocycles. The van der Waals surface area contributed by atoms with Crippen LogP contribution in [0, 0.1) is 5.92 Å². The van der Waals surface area contributed by atoms with Gasteiger partial charge in [-0.2, -0.15) is 0 Å². The lowest BCUT2D eigenvalue weighted by Gasteiger charge is -2.10. The third kappa shape index (κ3) is 7.35. The van der Waals surface area contributed by atoms with Crippen LogP contribution in [0.4, 0.5) is 0 Å². The van der Waals surface area contributed by atoms with E-state index in [4.69, 9.17) is 4.42 Å². The molecule has 0 aliphatic heterocycles. The fourth-order valence-corrected chi connectivity index (χ4v) is 1.71. The van der Waals surface area contributed by atoms with Gasteiger partial charge in [-0.3, -0.25) is 4.79 Å². The molecule has 0 unspecified atom stereocenters. The highest BCUT2D eigenvalue weighted by Gasteiger charge is 2.21. The Morgan fingerprint density at radius 1 is 1.38 bits per heavy atom. The number of hydrogen-bond acceptors (Lipinski definition) is 3. The third-order valence-corrected chi connectivity index (χ3v) is 3.02.